The maximum atomic E-state index is 11.6. The smallest absolute Gasteiger partial charge is 0.244 e. The number of rotatable bonds is 6. The Balaban J connectivity index is 1.47. The van der Waals surface area contributed by atoms with Gasteiger partial charge in [0.15, 0.2) is 0 Å². The predicted octanol–water partition coefficient (Wildman–Crippen LogP) is 2.95. The van der Waals surface area contributed by atoms with Crippen LogP contribution < -0.4 is 11.1 Å². The lowest BCUT2D eigenvalue weighted by atomic mass is 9.43. The average Bonchev–Trinajstić information content (AvgIpc) is 3.13. The molecule has 0 aromatic rings. The summed E-state index contributed by atoms with van der Waals surface area (Å²) in [4.78, 5) is 11.6. The molecule has 4 aliphatic rings. The Morgan fingerprint density at radius 1 is 1.03 bits per heavy atom. The van der Waals surface area contributed by atoms with E-state index < -0.39 is 12.2 Å². The Labute approximate surface area is 199 Å². The molecule has 4 fully saturated rings. The molecule has 188 valence electrons. The number of hydrogen-bond acceptors (Lipinski definition) is 5. The maximum Gasteiger partial charge on any atom is 0.244 e. The van der Waals surface area contributed by atoms with Crippen LogP contribution in [-0.2, 0) is 4.79 Å². The standard InChI is InChI=1S/C27H46N2O4/c1-16(6-4-5-7-22(31)29-15-28)18-8-9-19-23-20(11-13-26(18,19)2)27(3)12-10-17(30)14-21(27)24(32)25(23)33/h5,7,16-21,23-25,30,32-33H,4,6,8-15,28H2,1-3H3,(H,29,31)/b7-5+. The number of hydrogen-bond donors (Lipinski definition) is 5. The molecule has 4 saturated carbocycles. The molecular weight excluding hydrogens is 416 g/mol. The molecule has 4 aliphatic carbocycles. The molecule has 0 saturated heterocycles. The Bertz CT molecular complexity index is 744. The van der Waals surface area contributed by atoms with E-state index in [4.69, 9.17) is 5.73 Å². The minimum absolute atomic E-state index is 0.00115. The summed E-state index contributed by atoms with van der Waals surface area (Å²) in [6.07, 6.45) is 10.7. The summed E-state index contributed by atoms with van der Waals surface area (Å²) >= 11 is 0. The fraction of sp³-hybridized carbons (Fsp3) is 0.889. The first-order valence-corrected chi connectivity index (χ1v) is 13.3. The van der Waals surface area contributed by atoms with Gasteiger partial charge in [-0.1, -0.05) is 26.8 Å². The van der Waals surface area contributed by atoms with Crippen LogP contribution in [0.2, 0.25) is 0 Å². The molecule has 1 amide bonds. The van der Waals surface area contributed by atoms with Crippen LogP contribution in [0.25, 0.3) is 0 Å². The first kappa shape index (κ1) is 25.2. The number of fused-ring (bicyclic) bond motifs is 5. The second-order valence-corrected chi connectivity index (χ2v) is 12.2. The van der Waals surface area contributed by atoms with Gasteiger partial charge in [0, 0.05) is 0 Å². The van der Waals surface area contributed by atoms with Gasteiger partial charge in [0.2, 0.25) is 5.91 Å². The van der Waals surface area contributed by atoms with Crippen LogP contribution in [-0.4, -0.2) is 46.2 Å². The third kappa shape index (κ3) is 4.30. The second kappa shape index (κ2) is 9.60. The molecule has 11 unspecified atom stereocenters. The van der Waals surface area contributed by atoms with E-state index in [0.29, 0.717) is 30.1 Å². The van der Waals surface area contributed by atoms with Gasteiger partial charge in [-0.3, -0.25) is 4.79 Å². The SMILES string of the molecule is CC(CC/C=C/C(=O)NCN)C1CCC2C3C(O)C(O)C4CC(O)CCC4(C)C3CCC12C. The van der Waals surface area contributed by atoms with Gasteiger partial charge in [-0.25, -0.2) is 0 Å². The van der Waals surface area contributed by atoms with Crippen LogP contribution in [0.3, 0.4) is 0 Å². The molecule has 6 heteroatoms. The normalized spacial score (nSPS) is 48.1. The number of carbonyl (C=O) groups excluding carboxylic acids is 1. The van der Waals surface area contributed by atoms with Crippen LogP contribution in [0.1, 0.15) is 78.6 Å². The van der Waals surface area contributed by atoms with Gasteiger partial charge >= 0.3 is 0 Å². The minimum atomic E-state index is -0.727. The molecule has 33 heavy (non-hydrogen) atoms. The van der Waals surface area contributed by atoms with E-state index >= 15 is 0 Å². The van der Waals surface area contributed by atoms with Gasteiger partial charge in [-0.15, -0.1) is 0 Å². The zero-order valence-corrected chi connectivity index (χ0v) is 20.7. The third-order valence-corrected chi connectivity index (χ3v) is 10.8. The number of aliphatic hydroxyl groups excluding tert-OH is 3. The van der Waals surface area contributed by atoms with E-state index in [1.165, 1.54) is 12.8 Å². The van der Waals surface area contributed by atoms with Crippen molar-refractivity contribution in [1.82, 2.24) is 5.32 Å². The van der Waals surface area contributed by atoms with Crippen molar-refractivity contribution in [2.75, 3.05) is 6.67 Å². The van der Waals surface area contributed by atoms with Gasteiger partial charge in [0.1, 0.15) is 0 Å². The monoisotopic (exact) mass is 462 g/mol. The summed E-state index contributed by atoms with van der Waals surface area (Å²) < 4.78 is 0. The van der Waals surface area contributed by atoms with E-state index in [1.807, 2.05) is 6.08 Å². The number of nitrogens with two attached hydrogens (primary N) is 1. The van der Waals surface area contributed by atoms with Crippen molar-refractivity contribution >= 4 is 5.91 Å². The zero-order chi connectivity index (χ0) is 24.0. The molecule has 0 aromatic carbocycles. The van der Waals surface area contributed by atoms with Crippen LogP contribution in [0.4, 0.5) is 0 Å². The van der Waals surface area contributed by atoms with Gasteiger partial charge in [0.25, 0.3) is 0 Å². The first-order valence-electron chi connectivity index (χ1n) is 13.3. The van der Waals surface area contributed by atoms with Crippen molar-refractivity contribution in [2.45, 2.75) is 96.9 Å². The second-order valence-electron chi connectivity index (χ2n) is 12.2. The maximum absolute atomic E-state index is 11.6. The number of aliphatic hydroxyl groups is 3. The fourth-order valence-corrected chi connectivity index (χ4v) is 9.12. The van der Waals surface area contributed by atoms with Crippen LogP contribution in [0.5, 0.6) is 0 Å². The minimum Gasteiger partial charge on any atom is -0.393 e. The highest BCUT2D eigenvalue weighted by atomic mass is 16.3. The van der Waals surface area contributed by atoms with Crippen molar-refractivity contribution in [2.24, 2.45) is 52.1 Å². The third-order valence-electron chi connectivity index (χ3n) is 10.8. The number of carbonyl (C=O) groups is 1. The molecule has 0 aliphatic heterocycles. The highest BCUT2D eigenvalue weighted by Crippen LogP contribution is 2.68. The summed E-state index contributed by atoms with van der Waals surface area (Å²) in [6.45, 7) is 7.29. The van der Waals surface area contributed by atoms with E-state index in [0.717, 1.165) is 38.5 Å². The van der Waals surface area contributed by atoms with Crippen molar-refractivity contribution in [1.29, 1.82) is 0 Å². The predicted molar refractivity (Wildman–Crippen MR) is 129 cm³/mol. The van der Waals surface area contributed by atoms with Crippen LogP contribution >= 0.6 is 0 Å². The summed E-state index contributed by atoms with van der Waals surface area (Å²) in [7, 11) is 0. The zero-order valence-electron chi connectivity index (χ0n) is 20.7. The van der Waals surface area contributed by atoms with Gasteiger partial charge in [0.05, 0.1) is 25.0 Å². The fourth-order valence-electron chi connectivity index (χ4n) is 9.12. The average molecular weight is 463 g/mol. The Morgan fingerprint density at radius 2 is 1.73 bits per heavy atom. The summed E-state index contributed by atoms with van der Waals surface area (Å²) in [6, 6.07) is 0. The molecule has 6 N–H and O–H groups in total. The van der Waals surface area contributed by atoms with E-state index in [9.17, 15) is 20.1 Å². The Morgan fingerprint density at radius 3 is 2.45 bits per heavy atom. The molecule has 0 bridgehead atoms. The summed E-state index contributed by atoms with van der Waals surface area (Å²) in [5.74, 6) is 2.07. The van der Waals surface area contributed by atoms with E-state index in [2.05, 4.69) is 26.1 Å². The van der Waals surface area contributed by atoms with E-state index in [-0.39, 0.29) is 41.3 Å². The molecule has 0 aromatic heterocycles. The van der Waals surface area contributed by atoms with E-state index in [1.54, 1.807) is 6.08 Å². The van der Waals surface area contributed by atoms with Crippen molar-refractivity contribution in [3.8, 4) is 0 Å². The quantitative estimate of drug-likeness (QED) is 0.307. The van der Waals surface area contributed by atoms with Crippen molar-refractivity contribution in [3.63, 3.8) is 0 Å². The Kier molecular flexibility index (Phi) is 7.32. The lowest BCUT2D eigenvalue weighted by Gasteiger charge is -2.63. The lowest BCUT2D eigenvalue weighted by molar-refractivity contribution is -0.223. The van der Waals surface area contributed by atoms with Crippen molar-refractivity contribution < 1.29 is 20.1 Å². The molecule has 0 heterocycles. The largest absolute Gasteiger partial charge is 0.393 e. The highest BCUT2D eigenvalue weighted by molar-refractivity contribution is 5.87. The lowest BCUT2D eigenvalue weighted by Crippen LogP contribution is -2.64. The summed E-state index contributed by atoms with van der Waals surface area (Å²) in [5.41, 5.74) is 5.56. The Hall–Kier alpha value is -0.950. The van der Waals surface area contributed by atoms with Gasteiger partial charge in [-0.2, -0.15) is 0 Å². The first-order chi connectivity index (χ1) is 15.6. The number of allylic oxidation sites excluding steroid dienone is 1. The number of amides is 1. The molecule has 6 nitrogen and oxygen atoms in total. The molecule has 0 radical (unpaired) electrons. The van der Waals surface area contributed by atoms with Gasteiger partial charge in [-0.05, 0) is 110 Å². The van der Waals surface area contributed by atoms with Gasteiger partial charge < -0.3 is 26.4 Å². The van der Waals surface area contributed by atoms with Crippen LogP contribution in [0.15, 0.2) is 12.2 Å². The topological polar surface area (TPSA) is 116 Å². The number of nitrogens with one attached hydrogen (secondary N) is 1. The molecular formula is C27H46N2O4. The summed E-state index contributed by atoms with van der Waals surface area (Å²) in [5, 5.41) is 35.4. The molecule has 4 rings (SSSR count). The van der Waals surface area contributed by atoms with Crippen LogP contribution in [0, 0.1) is 46.3 Å². The highest BCUT2D eigenvalue weighted by Gasteiger charge is 2.65. The molecule has 11 atom stereocenters. The molecule has 0 spiro atoms. The van der Waals surface area contributed by atoms with Crippen molar-refractivity contribution in [3.05, 3.63) is 12.2 Å².